The number of carbonyl (C=O) groups excluding carboxylic acids is 2. The van der Waals surface area contributed by atoms with Crippen molar-refractivity contribution in [3.05, 3.63) is 52.2 Å². The minimum absolute atomic E-state index is 0.0413. The molecule has 1 fully saturated rings. The normalized spacial score (nSPS) is 16.5. The van der Waals surface area contributed by atoms with Crippen molar-refractivity contribution in [2.24, 2.45) is 0 Å². The predicted octanol–water partition coefficient (Wildman–Crippen LogP) is 3.25. The molecule has 0 bridgehead atoms. The first-order valence-electron chi connectivity index (χ1n) is 8.97. The molecule has 2 heterocycles. The highest BCUT2D eigenvalue weighted by atomic mass is 32.1. The highest BCUT2D eigenvalue weighted by Crippen LogP contribution is 2.22. The molecule has 1 aliphatic heterocycles. The lowest BCUT2D eigenvalue weighted by atomic mass is 10.2. The first kappa shape index (κ1) is 18.5. The van der Waals surface area contributed by atoms with Gasteiger partial charge in [0.15, 0.2) is 0 Å². The smallest absolute Gasteiger partial charge is 0.264 e. The lowest BCUT2D eigenvalue weighted by Gasteiger charge is -2.23. The summed E-state index contributed by atoms with van der Waals surface area (Å²) in [4.78, 5) is 27.4. The van der Waals surface area contributed by atoms with Crippen molar-refractivity contribution in [1.82, 2.24) is 10.2 Å². The minimum atomic E-state index is -0.359. The predicted molar refractivity (Wildman–Crippen MR) is 103 cm³/mol. The third-order valence-corrected chi connectivity index (χ3v) is 5.28. The summed E-state index contributed by atoms with van der Waals surface area (Å²) in [5.41, 5.74) is 1.16. The number of rotatable bonds is 7. The number of nitrogens with zero attached hydrogens (tertiary/aromatic N) is 1. The number of hydrogen-bond acceptors (Lipinski definition) is 4. The third-order valence-electron chi connectivity index (χ3n) is 4.43. The van der Waals surface area contributed by atoms with Crippen LogP contribution in [0.4, 0.5) is 0 Å². The van der Waals surface area contributed by atoms with E-state index in [0.717, 1.165) is 30.6 Å². The molecule has 3 rings (SSSR count). The molecule has 0 unspecified atom stereocenters. The van der Waals surface area contributed by atoms with E-state index in [1.807, 2.05) is 48.7 Å². The summed E-state index contributed by atoms with van der Waals surface area (Å²) in [7, 11) is 0. The van der Waals surface area contributed by atoms with E-state index in [9.17, 15) is 9.59 Å². The van der Waals surface area contributed by atoms with Gasteiger partial charge in [0.25, 0.3) is 5.91 Å². The minimum Gasteiger partial charge on any atom is -0.494 e. The maximum atomic E-state index is 12.5. The van der Waals surface area contributed by atoms with Crippen LogP contribution in [0, 0.1) is 6.92 Å². The van der Waals surface area contributed by atoms with E-state index >= 15 is 0 Å². The first-order valence-corrected chi connectivity index (χ1v) is 9.85. The molecule has 0 aliphatic carbocycles. The zero-order chi connectivity index (χ0) is 18.4. The molecule has 138 valence electrons. The monoisotopic (exact) mass is 372 g/mol. The van der Waals surface area contributed by atoms with Crippen LogP contribution in [0.15, 0.2) is 41.8 Å². The van der Waals surface area contributed by atoms with E-state index in [2.05, 4.69) is 5.32 Å². The van der Waals surface area contributed by atoms with E-state index in [1.54, 1.807) is 4.90 Å². The van der Waals surface area contributed by atoms with Crippen molar-refractivity contribution < 1.29 is 14.3 Å². The van der Waals surface area contributed by atoms with Crippen molar-refractivity contribution in [2.45, 2.75) is 32.2 Å². The topological polar surface area (TPSA) is 58.6 Å². The molecule has 2 amide bonds. The second kappa shape index (κ2) is 8.85. The SMILES string of the molecule is Cc1cccc(OCCCNC(=O)[C@@H]2CCCN2C(=O)c2cccs2)c1. The zero-order valence-electron chi connectivity index (χ0n) is 14.9. The van der Waals surface area contributed by atoms with Gasteiger partial charge in [0.05, 0.1) is 11.5 Å². The van der Waals surface area contributed by atoms with Crippen LogP contribution in [0.1, 0.15) is 34.5 Å². The second-order valence-corrected chi connectivity index (χ2v) is 7.39. The Balaban J connectivity index is 1.42. The molecule has 6 heteroatoms. The maximum absolute atomic E-state index is 12.5. The van der Waals surface area contributed by atoms with Crippen LogP contribution in [-0.4, -0.2) is 42.5 Å². The Labute approximate surface area is 158 Å². The highest BCUT2D eigenvalue weighted by molar-refractivity contribution is 7.12. The average Bonchev–Trinajstić information content (AvgIpc) is 3.32. The molecular weight excluding hydrogens is 348 g/mol. The molecule has 5 nitrogen and oxygen atoms in total. The summed E-state index contributed by atoms with van der Waals surface area (Å²) in [6, 6.07) is 11.2. The Morgan fingerprint density at radius 2 is 2.19 bits per heavy atom. The molecule has 1 saturated heterocycles. The van der Waals surface area contributed by atoms with Crippen molar-refractivity contribution in [3.63, 3.8) is 0 Å². The number of ether oxygens (including phenoxy) is 1. The standard InChI is InChI=1S/C20H24N2O3S/c1-15-6-2-7-16(14-15)25-12-5-10-21-19(23)17-8-3-11-22(17)20(24)18-9-4-13-26-18/h2,4,6-7,9,13-14,17H,3,5,8,10-12H2,1H3,(H,21,23)/t17-/m0/s1. The van der Waals surface area contributed by atoms with E-state index in [4.69, 9.17) is 4.74 Å². The molecule has 0 saturated carbocycles. The zero-order valence-corrected chi connectivity index (χ0v) is 15.8. The number of nitrogens with one attached hydrogen (secondary N) is 1. The molecular formula is C20H24N2O3S. The summed E-state index contributed by atoms with van der Waals surface area (Å²) in [5, 5.41) is 4.82. The van der Waals surface area contributed by atoms with Gasteiger partial charge in [0.1, 0.15) is 11.8 Å². The van der Waals surface area contributed by atoms with Gasteiger partial charge in [-0.2, -0.15) is 0 Å². The van der Waals surface area contributed by atoms with Crippen molar-refractivity contribution in [3.8, 4) is 5.75 Å². The van der Waals surface area contributed by atoms with Crippen LogP contribution in [0.3, 0.4) is 0 Å². The van der Waals surface area contributed by atoms with Crippen LogP contribution in [0.25, 0.3) is 0 Å². The second-order valence-electron chi connectivity index (χ2n) is 6.44. The lowest BCUT2D eigenvalue weighted by Crippen LogP contribution is -2.46. The van der Waals surface area contributed by atoms with Gasteiger partial charge in [0.2, 0.25) is 5.91 Å². The van der Waals surface area contributed by atoms with E-state index < -0.39 is 0 Å². The fourth-order valence-electron chi connectivity index (χ4n) is 3.12. The number of hydrogen-bond donors (Lipinski definition) is 1. The fourth-order valence-corrected chi connectivity index (χ4v) is 3.80. The number of amides is 2. The average molecular weight is 372 g/mol. The Morgan fingerprint density at radius 3 is 2.96 bits per heavy atom. The van der Waals surface area contributed by atoms with E-state index in [0.29, 0.717) is 24.6 Å². The van der Waals surface area contributed by atoms with Gasteiger partial charge < -0.3 is 15.0 Å². The highest BCUT2D eigenvalue weighted by Gasteiger charge is 2.34. The van der Waals surface area contributed by atoms with Gasteiger partial charge in [-0.25, -0.2) is 0 Å². The van der Waals surface area contributed by atoms with Crippen LogP contribution in [0.5, 0.6) is 5.75 Å². The van der Waals surface area contributed by atoms with Gasteiger partial charge in [-0.05, 0) is 55.3 Å². The van der Waals surface area contributed by atoms with Crippen LogP contribution in [0.2, 0.25) is 0 Å². The van der Waals surface area contributed by atoms with Crippen LogP contribution in [-0.2, 0) is 4.79 Å². The molecule has 26 heavy (non-hydrogen) atoms. The summed E-state index contributed by atoms with van der Waals surface area (Å²) in [5.74, 6) is 0.739. The third kappa shape index (κ3) is 4.64. The Kier molecular flexibility index (Phi) is 6.28. The molecule has 0 spiro atoms. The van der Waals surface area contributed by atoms with Gasteiger partial charge in [-0.3, -0.25) is 9.59 Å². The lowest BCUT2D eigenvalue weighted by molar-refractivity contribution is -0.124. The molecule has 0 radical (unpaired) electrons. The van der Waals surface area contributed by atoms with Crippen molar-refractivity contribution in [1.29, 1.82) is 0 Å². The number of thiophene rings is 1. The van der Waals surface area contributed by atoms with Crippen LogP contribution >= 0.6 is 11.3 Å². The largest absolute Gasteiger partial charge is 0.494 e. The van der Waals surface area contributed by atoms with Crippen molar-refractivity contribution in [2.75, 3.05) is 19.7 Å². The summed E-state index contributed by atoms with van der Waals surface area (Å²) < 4.78 is 5.69. The molecule has 1 aromatic heterocycles. The summed E-state index contributed by atoms with van der Waals surface area (Å²) in [6.07, 6.45) is 2.32. The Morgan fingerprint density at radius 1 is 1.31 bits per heavy atom. The van der Waals surface area contributed by atoms with Gasteiger partial charge in [-0.15, -0.1) is 11.3 Å². The number of carbonyl (C=O) groups is 2. The molecule has 2 aromatic rings. The molecule has 1 atom stereocenters. The number of benzene rings is 1. The maximum Gasteiger partial charge on any atom is 0.264 e. The van der Waals surface area contributed by atoms with Crippen LogP contribution < -0.4 is 10.1 Å². The number of likely N-dealkylation sites (tertiary alicyclic amines) is 1. The fraction of sp³-hybridized carbons (Fsp3) is 0.400. The van der Waals surface area contributed by atoms with Gasteiger partial charge >= 0.3 is 0 Å². The summed E-state index contributed by atoms with van der Waals surface area (Å²) >= 11 is 1.42. The Hall–Kier alpha value is -2.34. The van der Waals surface area contributed by atoms with E-state index in [-0.39, 0.29) is 17.9 Å². The van der Waals surface area contributed by atoms with Gasteiger partial charge in [-0.1, -0.05) is 18.2 Å². The molecule has 1 N–H and O–H groups in total. The van der Waals surface area contributed by atoms with Gasteiger partial charge in [0, 0.05) is 13.1 Å². The van der Waals surface area contributed by atoms with Crippen molar-refractivity contribution >= 4 is 23.2 Å². The first-order chi connectivity index (χ1) is 12.6. The summed E-state index contributed by atoms with van der Waals surface area (Å²) in [6.45, 7) is 3.76. The van der Waals surface area contributed by atoms with E-state index in [1.165, 1.54) is 11.3 Å². The molecule has 1 aromatic carbocycles. The molecule has 1 aliphatic rings. The quantitative estimate of drug-likeness (QED) is 0.759. The number of aryl methyl sites for hydroxylation is 1. The Bertz CT molecular complexity index is 745.